The van der Waals surface area contributed by atoms with Crippen LogP contribution >= 0.6 is 11.3 Å². The van der Waals surface area contributed by atoms with Crippen molar-refractivity contribution >= 4 is 49.6 Å². The molecule has 7 aromatic carbocycles. The predicted molar refractivity (Wildman–Crippen MR) is 209 cm³/mol. The Hall–Kier alpha value is -5.70. The highest BCUT2D eigenvalue weighted by molar-refractivity contribution is 7.19. The van der Waals surface area contributed by atoms with Gasteiger partial charge in [0.05, 0.1) is 0 Å². The molecule has 0 radical (unpaired) electrons. The van der Waals surface area contributed by atoms with Crippen LogP contribution in [-0.4, -0.2) is 0 Å². The Balaban J connectivity index is 1.07. The molecule has 0 amide bonds. The van der Waals surface area contributed by atoms with Crippen LogP contribution < -0.4 is 4.90 Å². The Morgan fingerprint density at radius 2 is 1.02 bits per heavy atom. The fraction of sp³-hybridized carbons (Fsp3) is 0.0435. The van der Waals surface area contributed by atoms with Crippen LogP contribution in [0.25, 0.3) is 60.3 Å². The summed E-state index contributed by atoms with van der Waals surface area (Å²) in [6.45, 7) is 4.43. The van der Waals surface area contributed by atoms with Crippen LogP contribution in [0.5, 0.6) is 0 Å². The van der Waals surface area contributed by atoms with Crippen molar-refractivity contribution in [3.05, 3.63) is 186 Å². The molecule has 1 heterocycles. The summed E-state index contributed by atoms with van der Waals surface area (Å²) in [7, 11) is 0. The topological polar surface area (TPSA) is 3.24 Å². The number of fused-ring (bicyclic) bond motifs is 2. The summed E-state index contributed by atoms with van der Waals surface area (Å²) in [5.74, 6) is 0. The van der Waals surface area contributed by atoms with E-state index in [0.29, 0.717) is 0 Å². The summed E-state index contributed by atoms with van der Waals surface area (Å²) in [6.07, 6.45) is 2.34. The third-order valence-electron chi connectivity index (χ3n) is 9.16. The van der Waals surface area contributed by atoms with Crippen molar-refractivity contribution in [1.82, 2.24) is 0 Å². The SMILES string of the molecule is C/C(=C\c1c(C)sc2ccccc12)N(c1ccccc1)c1ccc(-c2ccc(-c3cccc(-c4ccc5ccccc5c4)c3)cc2)cc1. The van der Waals surface area contributed by atoms with Crippen molar-refractivity contribution < 1.29 is 0 Å². The van der Waals surface area contributed by atoms with E-state index >= 15 is 0 Å². The molecule has 0 atom stereocenters. The first kappa shape index (κ1) is 29.7. The average Bonchev–Trinajstić information content (AvgIpc) is 3.46. The van der Waals surface area contributed by atoms with Gasteiger partial charge in [0.2, 0.25) is 0 Å². The van der Waals surface area contributed by atoms with E-state index in [-0.39, 0.29) is 0 Å². The van der Waals surface area contributed by atoms with E-state index in [0.717, 1.165) is 11.4 Å². The summed E-state index contributed by atoms with van der Waals surface area (Å²) >= 11 is 1.86. The molecule has 48 heavy (non-hydrogen) atoms. The first-order chi connectivity index (χ1) is 23.6. The molecule has 8 rings (SSSR count). The molecule has 2 heteroatoms. The molecule has 230 valence electrons. The van der Waals surface area contributed by atoms with Gasteiger partial charge in [0.15, 0.2) is 0 Å². The average molecular weight is 634 g/mol. The second-order valence-electron chi connectivity index (χ2n) is 12.3. The summed E-state index contributed by atoms with van der Waals surface area (Å²) < 4.78 is 1.33. The van der Waals surface area contributed by atoms with E-state index < -0.39 is 0 Å². The molecule has 0 fully saturated rings. The van der Waals surface area contributed by atoms with Gasteiger partial charge in [-0.05, 0) is 112 Å². The number of hydrogen-bond donors (Lipinski definition) is 0. The van der Waals surface area contributed by atoms with E-state index in [1.807, 2.05) is 11.3 Å². The minimum atomic E-state index is 1.14. The maximum atomic E-state index is 2.35. The molecule has 0 aliphatic heterocycles. The van der Waals surface area contributed by atoms with Crippen molar-refractivity contribution in [2.24, 2.45) is 0 Å². The number of para-hydroxylation sites is 1. The van der Waals surface area contributed by atoms with Crippen LogP contribution in [0.4, 0.5) is 11.4 Å². The van der Waals surface area contributed by atoms with Crippen LogP contribution in [0.1, 0.15) is 17.4 Å². The van der Waals surface area contributed by atoms with Gasteiger partial charge in [-0.1, -0.05) is 127 Å². The maximum absolute atomic E-state index is 2.35. The second-order valence-corrected chi connectivity index (χ2v) is 13.5. The fourth-order valence-electron chi connectivity index (χ4n) is 6.68. The smallest absolute Gasteiger partial charge is 0.0458 e. The largest absolute Gasteiger partial charge is 0.314 e. The molecule has 0 N–H and O–H groups in total. The zero-order chi connectivity index (χ0) is 32.5. The van der Waals surface area contributed by atoms with Crippen molar-refractivity contribution in [3.8, 4) is 33.4 Å². The number of thiophene rings is 1. The zero-order valence-electron chi connectivity index (χ0n) is 27.1. The molecule has 0 aliphatic carbocycles. The molecule has 0 saturated heterocycles. The number of nitrogens with zero attached hydrogens (tertiary/aromatic N) is 1. The first-order valence-corrected chi connectivity index (χ1v) is 17.2. The van der Waals surface area contributed by atoms with Crippen molar-refractivity contribution in [2.45, 2.75) is 13.8 Å². The summed E-state index contributed by atoms with van der Waals surface area (Å²) in [5.41, 5.74) is 12.1. The van der Waals surface area contributed by atoms with E-state index in [9.17, 15) is 0 Å². The Labute approximate surface area is 286 Å². The first-order valence-electron chi connectivity index (χ1n) is 16.4. The standard InChI is InChI=1S/C46H35NS/c1-32(29-45-33(2)48-46-18-9-8-17-44(45)46)47(42-15-4-3-5-16-42)43-27-25-36(26-28-43)35-19-21-37(22-20-35)39-13-10-14-40(30-39)41-24-23-34-11-6-7-12-38(34)31-41/h3-31H,1-2H3/b32-29+. The summed E-state index contributed by atoms with van der Waals surface area (Å²) in [6, 6.07) is 61.3. The van der Waals surface area contributed by atoms with Crippen LogP contribution in [0, 0.1) is 6.92 Å². The van der Waals surface area contributed by atoms with Gasteiger partial charge < -0.3 is 4.90 Å². The Morgan fingerprint density at radius 1 is 0.479 bits per heavy atom. The lowest BCUT2D eigenvalue weighted by Gasteiger charge is -2.26. The normalized spacial score (nSPS) is 11.7. The molecule has 1 nitrogen and oxygen atoms in total. The number of benzene rings is 7. The lowest BCUT2D eigenvalue weighted by atomic mass is 9.96. The van der Waals surface area contributed by atoms with Crippen LogP contribution in [0.15, 0.2) is 176 Å². The lowest BCUT2D eigenvalue weighted by molar-refractivity contribution is 1.17. The Bertz CT molecular complexity index is 2400. The minimum Gasteiger partial charge on any atom is -0.314 e. The van der Waals surface area contributed by atoms with E-state index in [2.05, 4.69) is 195 Å². The predicted octanol–water partition coefficient (Wildman–Crippen LogP) is 13.6. The molecule has 0 saturated carbocycles. The minimum absolute atomic E-state index is 1.14. The number of rotatable bonds is 7. The molecule has 0 aliphatic rings. The van der Waals surface area contributed by atoms with Gasteiger partial charge in [-0.25, -0.2) is 0 Å². The van der Waals surface area contributed by atoms with E-state index in [1.54, 1.807) is 0 Å². The highest BCUT2D eigenvalue weighted by atomic mass is 32.1. The highest BCUT2D eigenvalue weighted by Crippen LogP contribution is 2.37. The molecular formula is C46H35NS. The number of allylic oxidation sites excluding steroid dienone is 1. The lowest BCUT2D eigenvalue weighted by Crippen LogP contribution is -2.14. The van der Waals surface area contributed by atoms with Gasteiger partial charge in [0.1, 0.15) is 0 Å². The highest BCUT2D eigenvalue weighted by Gasteiger charge is 2.14. The van der Waals surface area contributed by atoms with Crippen LogP contribution in [0.3, 0.4) is 0 Å². The molecular weight excluding hydrogens is 599 g/mol. The Morgan fingerprint density at radius 3 is 1.77 bits per heavy atom. The molecule has 8 aromatic rings. The Kier molecular flexibility index (Phi) is 7.94. The molecule has 0 unspecified atom stereocenters. The van der Waals surface area contributed by atoms with E-state index in [4.69, 9.17) is 0 Å². The monoisotopic (exact) mass is 633 g/mol. The van der Waals surface area contributed by atoms with Crippen LogP contribution in [0.2, 0.25) is 0 Å². The molecule has 1 aromatic heterocycles. The number of anilines is 2. The molecule has 0 spiro atoms. The third kappa shape index (κ3) is 5.83. The van der Waals surface area contributed by atoms with Gasteiger partial charge in [-0.15, -0.1) is 11.3 Å². The number of aryl methyl sites for hydroxylation is 1. The van der Waals surface area contributed by atoms with Gasteiger partial charge in [-0.2, -0.15) is 0 Å². The van der Waals surface area contributed by atoms with E-state index in [1.165, 1.54) is 70.4 Å². The van der Waals surface area contributed by atoms with Crippen molar-refractivity contribution in [1.29, 1.82) is 0 Å². The zero-order valence-corrected chi connectivity index (χ0v) is 27.9. The summed E-state index contributed by atoms with van der Waals surface area (Å²) in [5, 5.41) is 3.84. The second kappa shape index (κ2) is 12.8. The third-order valence-corrected chi connectivity index (χ3v) is 10.3. The van der Waals surface area contributed by atoms with Gasteiger partial charge in [0.25, 0.3) is 0 Å². The fourth-order valence-corrected chi connectivity index (χ4v) is 7.72. The van der Waals surface area contributed by atoms with Gasteiger partial charge in [0, 0.05) is 32.0 Å². The van der Waals surface area contributed by atoms with Crippen LogP contribution in [-0.2, 0) is 0 Å². The maximum Gasteiger partial charge on any atom is 0.0458 e. The van der Waals surface area contributed by atoms with Gasteiger partial charge in [-0.3, -0.25) is 0 Å². The van der Waals surface area contributed by atoms with Crippen molar-refractivity contribution in [2.75, 3.05) is 4.90 Å². The summed E-state index contributed by atoms with van der Waals surface area (Å²) in [4.78, 5) is 3.68. The van der Waals surface area contributed by atoms with Gasteiger partial charge >= 0.3 is 0 Å². The number of hydrogen-bond acceptors (Lipinski definition) is 2. The molecule has 0 bridgehead atoms. The quantitative estimate of drug-likeness (QED) is 0.169. The van der Waals surface area contributed by atoms with Crippen molar-refractivity contribution in [3.63, 3.8) is 0 Å².